The van der Waals surface area contributed by atoms with Gasteiger partial charge < -0.3 is 14.8 Å². The summed E-state index contributed by atoms with van der Waals surface area (Å²) >= 11 is 1.25. The molecule has 0 saturated heterocycles. The second-order valence-corrected chi connectivity index (χ2v) is 7.98. The molecule has 1 amide bonds. The molecule has 0 bridgehead atoms. The molecular weight excluding hydrogens is 402 g/mol. The molecule has 6 nitrogen and oxygen atoms in total. The van der Waals surface area contributed by atoms with Gasteiger partial charge in [0.25, 0.3) is 0 Å². The van der Waals surface area contributed by atoms with Crippen LogP contribution in [-0.2, 0) is 27.1 Å². The van der Waals surface area contributed by atoms with Gasteiger partial charge in [-0.15, -0.1) is 11.8 Å². The maximum absolute atomic E-state index is 12.5. The van der Waals surface area contributed by atoms with E-state index in [9.17, 15) is 14.4 Å². The molecule has 0 spiro atoms. The summed E-state index contributed by atoms with van der Waals surface area (Å²) in [6.45, 7) is 0.566. The minimum atomic E-state index is -0.576. The molecule has 7 heteroatoms. The monoisotopic (exact) mass is 427 g/mol. The van der Waals surface area contributed by atoms with Crippen LogP contribution in [0.3, 0.4) is 0 Å². The van der Waals surface area contributed by atoms with Crippen molar-refractivity contribution >= 4 is 29.4 Å². The Labute approximate surface area is 180 Å². The number of benzene rings is 2. The van der Waals surface area contributed by atoms with Gasteiger partial charge >= 0.3 is 5.97 Å². The Morgan fingerprint density at radius 1 is 1.07 bits per heavy atom. The summed E-state index contributed by atoms with van der Waals surface area (Å²) in [5.74, 6) is -0.776. The van der Waals surface area contributed by atoms with Crippen LogP contribution >= 0.6 is 11.8 Å². The van der Waals surface area contributed by atoms with Crippen LogP contribution in [0.2, 0.25) is 0 Å². The van der Waals surface area contributed by atoms with E-state index in [1.165, 1.54) is 22.9 Å². The molecule has 0 aromatic heterocycles. The molecule has 0 radical (unpaired) electrons. The van der Waals surface area contributed by atoms with Crippen LogP contribution in [0.1, 0.15) is 38.3 Å². The first-order valence-corrected chi connectivity index (χ1v) is 10.9. The van der Waals surface area contributed by atoms with Crippen molar-refractivity contribution in [3.8, 4) is 0 Å². The van der Waals surface area contributed by atoms with Crippen molar-refractivity contribution in [3.63, 3.8) is 0 Å². The first-order valence-electron chi connectivity index (χ1n) is 9.88. The van der Waals surface area contributed by atoms with Gasteiger partial charge in [-0.25, -0.2) is 4.79 Å². The smallest absolute Gasteiger partial charge is 0.339 e. The van der Waals surface area contributed by atoms with E-state index in [4.69, 9.17) is 9.47 Å². The summed E-state index contributed by atoms with van der Waals surface area (Å²) in [6.07, 6.45) is 3.15. The zero-order valence-corrected chi connectivity index (χ0v) is 17.8. The standard InChI is InChI=1S/C23H25NO5S/c1-28-12-11-24-22(26)15-30-21-8-3-2-7-19(21)23(27)29-14-20(25)18-10-9-16-5-4-6-17(16)13-18/h2-3,7-10,13H,4-6,11-12,14-15H2,1H3,(H,24,26). The van der Waals surface area contributed by atoms with Gasteiger partial charge in [0, 0.05) is 24.1 Å². The van der Waals surface area contributed by atoms with Gasteiger partial charge in [-0.3, -0.25) is 9.59 Å². The lowest BCUT2D eigenvalue weighted by molar-refractivity contribution is -0.118. The van der Waals surface area contributed by atoms with Crippen molar-refractivity contribution in [2.24, 2.45) is 0 Å². The Bertz CT molecular complexity index is 928. The Balaban J connectivity index is 1.55. The Hall–Kier alpha value is -2.64. The van der Waals surface area contributed by atoms with Crippen molar-refractivity contribution in [2.75, 3.05) is 32.6 Å². The first-order chi connectivity index (χ1) is 14.6. The quantitative estimate of drug-likeness (QED) is 0.272. The molecule has 0 atom stereocenters. The predicted molar refractivity (Wildman–Crippen MR) is 115 cm³/mol. The second kappa shape index (κ2) is 10.9. The number of aryl methyl sites for hydroxylation is 2. The fourth-order valence-electron chi connectivity index (χ4n) is 3.29. The molecular formula is C23H25NO5S. The van der Waals surface area contributed by atoms with Gasteiger partial charge in [0.15, 0.2) is 12.4 Å². The summed E-state index contributed by atoms with van der Waals surface area (Å²) in [5.41, 5.74) is 3.41. The summed E-state index contributed by atoms with van der Waals surface area (Å²) in [5, 5.41) is 2.73. The van der Waals surface area contributed by atoms with Crippen LogP contribution in [0.5, 0.6) is 0 Å². The van der Waals surface area contributed by atoms with Crippen molar-refractivity contribution in [3.05, 3.63) is 64.7 Å². The van der Waals surface area contributed by atoms with E-state index in [0.717, 1.165) is 19.3 Å². The van der Waals surface area contributed by atoms with E-state index in [1.807, 2.05) is 12.1 Å². The topological polar surface area (TPSA) is 81.7 Å². The zero-order valence-electron chi connectivity index (χ0n) is 16.9. The molecule has 3 rings (SSSR count). The van der Waals surface area contributed by atoms with E-state index >= 15 is 0 Å². The summed E-state index contributed by atoms with van der Waals surface area (Å²) in [6, 6.07) is 12.6. The number of methoxy groups -OCH3 is 1. The third-order valence-corrected chi connectivity index (χ3v) is 5.92. The molecule has 1 aliphatic rings. The number of fused-ring (bicyclic) bond motifs is 1. The minimum Gasteiger partial charge on any atom is -0.454 e. The number of carbonyl (C=O) groups is 3. The Morgan fingerprint density at radius 2 is 1.87 bits per heavy atom. The van der Waals surface area contributed by atoms with Gasteiger partial charge in [-0.05, 0) is 48.6 Å². The number of rotatable bonds is 10. The molecule has 30 heavy (non-hydrogen) atoms. The molecule has 2 aromatic carbocycles. The van der Waals surface area contributed by atoms with Crippen molar-refractivity contribution in [1.82, 2.24) is 5.32 Å². The number of hydrogen-bond donors (Lipinski definition) is 1. The van der Waals surface area contributed by atoms with Gasteiger partial charge in [-0.2, -0.15) is 0 Å². The molecule has 1 N–H and O–H groups in total. The molecule has 158 valence electrons. The normalized spacial score (nSPS) is 12.3. The highest BCUT2D eigenvalue weighted by molar-refractivity contribution is 8.00. The SMILES string of the molecule is COCCNC(=O)CSc1ccccc1C(=O)OCC(=O)c1ccc2c(c1)CCC2. The number of esters is 1. The highest BCUT2D eigenvalue weighted by Crippen LogP contribution is 2.24. The first kappa shape index (κ1) is 22.1. The molecule has 0 fully saturated rings. The Morgan fingerprint density at radius 3 is 2.70 bits per heavy atom. The summed E-state index contributed by atoms with van der Waals surface area (Å²) < 4.78 is 10.2. The Kier molecular flexibility index (Phi) is 8.04. The lowest BCUT2D eigenvalue weighted by Crippen LogP contribution is -2.28. The van der Waals surface area contributed by atoms with Gasteiger partial charge in [0.1, 0.15) is 0 Å². The summed E-state index contributed by atoms with van der Waals surface area (Å²) in [7, 11) is 1.57. The van der Waals surface area contributed by atoms with E-state index < -0.39 is 5.97 Å². The van der Waals surface area contributed by atoms with Gasteiger partial charge in [0.05, 0.1) is 17.9 Å². The molecule has 0 heterocycles. The molecule has 1 aliphatic carbocycles. The summed E-state index contributed by atoms with van der Waals surface area (Å²) in [4.78, 5) is 37.5. The molecule has 2 aromatic rings. The lowest BCUT2D eigenvalue weighted by Gasteiger charge is -2.10. The van der Waals surface area contributed by atoms with Crippen molar-refractivity contribution in [2.45, 2.75) is 24.2 Å². The lowest BCUT2D eigenvalue weighted by atomic mass is 10.0. The molecule has 0 unspecified atom stereocenters. The highest BCUT2D eigenvalue weighted by Gasteiger charge is 2.18. The second-order valence-electron chi connectivity index (χ2n) is 6.96. The predicted octanol–water partition coefficient (Wildman–Crippen LogP) is 3.07. The van der Waals surface area contributed by atoms with Crippen molar-refractivity contribution in [1.29, 1.82) is 0 Å². The van der Waals surface area contributed by atoms with Crippen LogP contribution in [0.15, 0.2) is 47.4 Å². The van der Waals surface area contributed by atoms with E-state index in [-0.39, 0.29) is 24.1 Å². The number of ketones is 1. The number of amides is 1. The third kappa shape index (κ3) is 5.93. The van der Waals surface area contributed by atoms with Crippen LogP contribution in [0.25, 0.3) is 0 Å². The fourth-order valence-corrected chi connectivity index (χ4v) is 4.16. The van der Waals surface area contributed by atoms with E-state index in [1.54, 1.807) is 37.4 Å². The number of thioether (sulfide) groups is 1. The van der Waals surface area contributed by atoms with Gasteiger partial charge in [0.2, 0.25) is 5.91 Å². The highest BCUT2D eigenvalue weighted by atomic mass is 32.2. The zero-order chi connectivity index (χ0) is 21.3. The third-order valence-electron chi connectivity index (χ3n) is 4.85. The minimum absolute atomic E-state index is 0.146. The maximum atomic E-state index is 12.5. The van der Waals surface area contributed by atoms with Gasteiger partial charge in [-0.1, -0.05) is 24.3 Å². The van der Waals surface area contributed by atoms with Crippen LogP contribution in [-0.4, -0.2) is 50.3 Å². The van der Waals surface area contributed by atoms with E-state index in [2.05, 4.69) is 5.32 Å². The number of nitrogens with one attached hydrogen (secondary N) is 1. The average molecular weight is 428 g/mol. The van der Waals surface area contributed by atoms with Crippen LogP contribution < -0.4 is 5.32 Å². The van der Waals surface area contributed by atoms with Crippen LogP contribution in [0, 0.1) is 0 Å². The number of ether oxygens (including phenoxy) is 2. The number of hydrogen-bond acceptors (Lipinski definition) is 6. The van der Waals surface area contributed by atoms with Crippen molar-refractivity contribution < 1.29 is 23.9 Å². The largest absolute Gasteiger partial charge is 0.454 e. The average Bonchev–Trinajstić information content (AvgIpc) is 3.24. The fraction of sp³-hybridized carbons (Fsp3) is 0.348. The molecule has 0 aliphatic heterocycles. The number of Topliss-reactive ketones (excluding diaryl/α,β-unsaturated/α-hetero) is 1. The molecule has 0 saturated carbocycles. The van der Waals surface area contributed by atoms with Crippen LogP contribution in [0.4, 0.5) is 0 Å². The maximum Gasteiger partial charge on any atom is 0.339 e. The van der Waals surface area contributed by atoms with E-state index in [0.29, 0.717) is 29.2 Å². The number of carbonyl (C=O) groups excluding carboxylic acids is 3.